The Morgan fingerprint density at radius 3 is 2.28 bits per heavy atom. The van der Waals surface area contributed by atoms with Crippen LogP contribution in [-0.4, -0.2) is 77.9 Å². The molecule has 0 aliphatic carbocycles. The number of urea groups is 1. The molecule has 0 aliphatic heterocycles. The van der Waals surface area contributed by atoms with E-state index in [1.807, 2.05) is 32.8 Å². The zero-order valence-corrected chi connectivity index (χ0v) is 11.4. The molecule has 0 saturated carbocycles. The van der Waals surface area contributed by atoms with Gasteiger partial charge >= 0.3 is 12.0 Å². The number of likely N-dealkylation sites (N-methyl/N-ethyl adjacent to an activating group) is 2. The molecular formula is C11H23N3O4. The lowest BCUT2D eigenvalue weighted by Gasteiger charge is -2.30. The summed E-state index contributed by atoms with van der Waals surface area (Å²) >= 11 is 0. The van der Waals surface area contributed by atoms with Gasteiger partial charge in [-0.1, -0.05) is 0 Å². The van der Waals surface area contributed by atoms with Crippen molar-refractivity contribution in [3.8, 4) is 0 Å². The third-order valence-electron chi connectivity index (χ3n) is 2.49. The van der Waals surface area contributed by atoms with Crippen molar-refractivity contribution in [3.63, 3.8) is 0 Å². The number of hydrogen-bond donors (Lipinski definition) is 3. The standard InChI is InChI=1S/C11H23N3O4/c1-5-14(8(2)7-13(3)4)11(18)12-6-9(15)10(16)17/h8-9,15H,5-7H2,1-4H3,(H,12,18)(H,16,17). The number of hydrogen-bond acceptors (Lipinski definition) is 4. The van der Waals surface area contributed by atoms with E-state index in [0.717, 1.165) is 0 Å². The van der Waals surface area contributed by atoms with E-state index in [1.54, 1.807) is 4.90 Å². The van der Waals surface area contributed by atoms with Gasteiger partial charge in [0.25, 0.3) is 0 Å². The van der Waals surface area contributed by atoms with Crippen LogP contribution in [0, 0.1) is 0 Å². The fourth-order valence-corrected chi connectivity index (χ4v) is 1.66. The molecule has 0 radical (unpaired) electrons. The molecule has 0 aliphatic rings. The van der Waals surface area contributed by atoms with E-state index in [-0.39, 0.29) is 18.6 Å². The number of aliphatic hydroxyl groups excluding tert-OH is 1. The van der Waals surface area contributed by atoms with Gasteiger partial charge in [0.05, 0.1) is 6.54 Å². The van der Waals surface area contributed by atoms with Crippen molar-refractivity contribution < 1.29 is 19.8 Å². The van der Waals surface area contributed by atoms with E-state index in [4.69, 9.17) is 10.2 Å². The Labute approximate surface area is 107 Å². The van der Waals surface area contributed by atoms with Gasteiger partial charge in [-0.15, -0.1) is 0 Å². The number of carboxylic acids is 1. The van der Waals surface area contributed by atoms with Crippen LogP contribution in [0.25, 0.3) is 0 Å². The molecule has 0 aromatic heterocycles. The van der Waals surface area contributed by atoms with Crippen molar-refractivity contribution in [1.29, 1.82) is 0 Å². The zero-order valence-electron chi connectivity index (χ0n) is 11.4. The summed E-state index contributed by atoms with van der Waals surface area (Å²) in [6, 6.07) is -0.362. The van der Waals surface area contributed by atoms with Crippen molar-refractivity contribution >= 4 is 12.0 Å². The van der Waals surface area contributed by atoms with Gasteiger partial charge in [-0.25, -0.2) is 9.59 Å². The predicted octanol–water partition coefficient (Wildman–Crippen LogP) is -0.586. The number of rotatable bonds is 7. The topological polar surface area (TPSA) is 93.1 Å². The quantitative estimate of drug-likeness (QED) is 0.570. The van der Waals surface area contributed by atoms with Gasteiger partial charge in [-0.2, -0.15) is 0 Å². The average Bonchev–Trinajstić information content (AvgIpc) is 2.25. The summed E-state index contributed by atoms with van der Waals surface area (Å²) in [4.78, 5) is 25.8. The molecule has 7 heteroatoms. The highest BCUT2D eigenvalue weighted by molar-refractivity contribution is 5.77. The first-order valence-electron chi connectivity index (χ1n) is 5.89. The van der Waals surface area contributed by atoms with E-state index in [1.165, 1.54) is 0 Å². The normalized spacial score (nSPS) is 14.1. The van der Waals surface area contributed by atoms with E-state index < -0.39 is 12.1 Å². The highest BCUT2D eigenvalue weighted by Gasteiger charge is 2.21. The lowest BCUT2D eigenvalue weighted by atomic mass is 10.2. The van der Waals surface area contributed by atoms with Gasteiger partial charge in [0.15, 0.2) is 6.10 Å². The molecule has 3 N–H and O–H groups in total. The van der Waals surface area contributed by atoms with Crippen LogP contribution in [0.1, 0.15) is 13.8 Å². The summed E-state index contributed by atoms with van der Waals surface area (Å²) in [7, 11) is 3.83. The molecule has 2 unspecified atom stereocenters. The Hall–Kier alpha value is -1.34. The Morgan fingerprint density at radius 1 is 1.33 bits per heavy atom. The lowest BCUT2D eigenvalue weighted by molar-refractivity contribution is -0.146. The highest BCUT2D eigenvalue weighted by atomic mass is 16.4. The molecule has 0 bridgehead atoms. The Kier molecular flexibility index (Phi) is 7.30. The van der Waals surface area contributed by atoms with Gasteiger partial charge in [0.2, 0.25) is 0 Å². The summed E-state index contributed by atoms with van der Waals surface area (Å²) in [5, 5.41) is 20.0. The smallest absolute Gasteiger partial charge is 0.334 e. The van der Waals surface area contributed by atoms with Gasteiger partial charge in [-0.3, -0.25) is 0 Å². The zero-order chi connectivity index (χ0) is 14.3. The van der Waals surface area contributed by atoms with E-state index in [9.17, 15) is 9.59 Å². The van der Waals surface area contributed by atoms with Gasteiger partial charge < -0.3 is 25.3 Å². The summed E-state index contributed by atoms with van der Waals surface area (Å²) in [6.07, 6.45) is -1.57. The van der Waals surface area contributed by atoms with E-state index in [0.29, 0.717) is 13.1 Å². The molecule has 7 nitrogen and oxygen atoms in total. The van der Waals surface area contributed by atoms with Crippen LogP contribution in [0.5, 0.6) is 0 Å². The predicted molar refractivity (Wildman–Crippen MR) is 67.4 cm³/mol. The molecule has 0 aromatic rings. The number of aliphatic carboxylic acids is 1. The first-order valence-corrected chi connectivity index (χ1v) is 5.89. The largest absolute Gasteiger partial charge is 0.479 e. The number of carbonyl (C=O) groups is 2. The number of carbonyl (C=O) groups excluding carboxylic acids is 1. The Bertz CT molecular complexity index is 283. The maximum absolute atomic E-state index is 11.8. The number of amides is 2. The van der Waals surface area contributed by atoms with Crippen LogP contribution in [0.15, 0.2) is 0 Å². The van der Waals surface area contributed by atoms with Crippen LogP contribution in [0.2, 0.25) is 0 Å². The lowest BCUT2D eigenvalue weighted by Crippen LogP contribution is -2.50. The first-order chi connectivity index (χ1) is 8.29. The maximum Gasteiger partial charge on any atom is 0.334 e. The summed E-state index contributed by atoms with van der Waals surface area (Å²) < 4.78 is 0. The number of nitrogens with one attached hydrogen (secondary N) is 1. The maximum atomic E-state index is 11.8. The summed E-state index contributed by atoms with van der Waals surface area (Å²) in [5.41, 5.74) is 0. The van der Waals surface area contributed by atoms with E-state index >= 15 is 0 Å². The molecule has 0 heterocycles. The minimum Gasteiger partial charge on any atom is -0.479 e. The minimum absolute atomic E-state index is 0.00645. The van der Waals surface area contributed by atoms with E-state index in [2.05, 4.69) is 5.32 Å². The molecule has 0 aromatic carbocycles. The second-order valence-electron chi connectivity index (χ2n) is 4.44. The Balaban J connectivity index is 4.30. The number of carboxylic acid groups (broad SMARTS) is 1. The minimum atomic E-state index is -1.57. The number of nitrogens with zero attached hydrogens (tertiary/aromatic N) is 2. The third kappa shape index (κ3) is 5.83. The van der Waals surface area contributed by atoms with Crippen LogP contribution < -0.4 is 5.32 Å². The van der Waals surface area contributed by atoms with Crippen molar-refractivity contribution in [2.24, 2.45) is 0 Å². The summed E-state index contributed by atoms with van der Waals surface area (Å²) in [6.45, 7) is 4.70. The molecule has 0 spiro atoms. The van der Waals surface area contributed by atoms with Gasteiger partial charge in [-0.05, 0) is 27.9 Å². The average molecular weight is 261 g/mol. The molecular weight excluding hydrogens is 238 g/mol. The molecule has 0 fully saturated rings. The summed E-state index contributed by atoms with van der Waals surface area (Å²) in [5.74, 6) is -1.35. The fourth-order valence-electron chi connectivity index (χ4n) is 1.66. The van der Waals surface area contributed by atoms with Crippen LogP contribution in [0.3, 0.4) is 0 Å². The SMILES string of the molecule is CCN(C(=O)NCC(O)C(=O)O)C(C)CN(C)C. The van der Waals surface area contributed by atoms with Gasteiger partial charge in [0.1, 0.15) is 0 Å². The fraction of sp³-hybridized carbons (Fsp3) is 0.818. The van der Waals surface area contributed by atoms with Crippen molar-refractivity contribution in [2.75, 3.05) is 33.7 Å². The number of aliphatic hydroxyl groups is 1. The van der Waals surface area contributed by atoms with Crippen LogP contribution >= 0.6 is 0 Å². The third-order valence-corrected chi connectivity index (χ3v) is 2.49. The van der Waals surface area contributed by atoms with Gasteiger partial charge in [0, 0.05) is 19.1 Å². The first kappa shape index (κ1) is 16.7. The molecule has 18 heavy (non-hydrogen) atoms. The second-order valence-corrected chi connectivity index (χ2v) is 4.44. The molecule has 0 rings (SSSR count). The molecule has 0 saturated heterocycles. The van der Waals surface area contributed by atoms with Crippen LogP contribution in [0.4, 0.5) is 4.79 Å². The highest BCUT2D eigenvalue weighted by Crippen LogP contribution is 2.00. The second kappa shape index (κ2) is 7.88. The Morgan fingerprint density at radius 2 is 1.89 bits per heavy atom. The molecule has 2 atom stereocenters. The van der Waals surface area contributed by atoms with Crippen molar-refractivity contribution in [3.05, 3.63) is 0 Å². The van der Waals surface area contributed by atoms with Crippen LogP contribution in [-0.2, 0) is 4.79 Å². The monoisotopic (exact) mass is 261 g/mol. The van der Waals surface area contributed by atoms with Crippen molar-refractivity contribution in [1.82, 2.24) is 15.1 Å². The molecule has 106 valence electrons. The molecule has 2 amide bonds. The van der Waals surface area contributed by atoms with Crippen molar-refractivity contribution in [2.45, 2.75) is 26.0 Å².